The molecule has 1 aromatic carbocycles. The lowest BCUT2D eigenvalue weighted by atomic mass is 9.91. The van der Waals surface area contributed by atoms with Gasteiger partial charge in [0.05, 0.1) is 7.11 Å². The summed E-state index contributed by atoms with van der Waals surface area (Å²) < 4.78 is 32.6. The molecule has 2 aromatic rings. The molecule has 4 rings (SSSR count). The highest BCUT2D eigenvalue weighted by Gasteiger charge is 2.57. The van der Waals surface area contributed by atoms with E-state index in [2.05, 4.69) is 20.9 Å². The Morgan fingerprint density at radius 2 is 1.97 bits per heavy atom. The fourth-order valence-electron chi connectivity index (χ4n) is 4.57. The molecule has 4 atom stereocenters. The van der Waals surface area contributed by atoms with Crippen molar-refractivity contribution in [3.05, 3.63) is 30.0 Å². The van der Waals surface area contributed by atoms with E-state index in [1.165, 1.54) is 13.2 Å². The summed E-state index contributed by atoms with van der Waals surface area (Å²) in [7, 11) is 1.49. The van der Waals surface area contributed by atoms with Gasteiger partial charge >= 0.3 is 0 Å². The molecule has 4 amide bonds. The molecule has 12 heteroatoms. The van der Waals surface area contributed by atoms with Crippen molar-refractivity contribution >= 4 is 34.5 Å². The van der Waals surface area contributed by atoms with Crippen molar-refractivity contribution in [3.8, 4) is 5.75 Å². The van der Waals surface area contributed by atoms with Gasteiger partial charge in [-0.15, -0.1) is 0 Å². The average molecular weight is 506 g/mol. The third kappa shape index (κ3) is 5.58. The van der Waals surface area contributed by atoms with E-state index >= 15 is 0 Å². The van der Waals surface area contributed by atoms with Gasteiger partial charge in [0.15, 0.2) is 0 Å². The molecule has 1 aromatic heterocycles. The van der Waals surface area contributed by atoms with Gasteiger partial charge in [0.2, 0.25) is 17.7 Å². The molecule has 0 bridgehead atoms. The number of carbonyl (C=O) groups excluding carboxylic acids is 4. The summed E-state index contributed by atoms with van der Waals surface area (Å²) in [5.74, 6) is -6.57. The van der Waals surface area contributed by atoms with Crippen LogP contribution in [0.15, 0.2) is 24.3 Å². The fourth-order valence-corrected chi connectivity index (χ4v) is 4.57. The van der Waals surface area contributed by atoms with Crippen LogP contribution >= 0.6 is 0 Å². The lowest BCUT2D eigenvalue weighted by Gasteiger charge is -2.27. The Kier molecular flexibility index (Phi) is 7.14. The van der Waals surface area contributed by atoms with Crippen molar-refractivity contribution in [2.75, 3.05) is 13.7 Å². The molecular weight excluding hydrogens is 476 g/mol. The zero-order valence-electron chi connectivity index (χ0n) is 19.7. The van der Waals surface area contributed by atoms with E-state index in [1.54, 1.807) is 18.2 Å². The van der Waals surface area contributed by atoms with E-state index in [9.17, 15) is 28.0 Å². The summed E-state index contributed by atoms with van der Waals surface area (Å²) in [5.41, 5.74) is 6.19. The Balaban J connectivity index is 1.49. The highest BCUT2D eigenvalue weighted by Crippen LogP contribution is 2.51. The van der Waals surface area contributed by atoms with Crippen LogP contribution in [0.5, 0.6) is 5.75 Å². The summed E-state index contributed by atoms with van der Waals surface area (Å²) in [6, 6.07) is 4.20. The number of H-pyrrole nitrogens is 1. The molecule has 0 spiro atoms. The van der Waals surface area contributed by atoms with Gasteiger partial charge in [-0.25, -0.2) is 8.78 Å². The van der Waals surface area contributed by atoms with Crippen LogP contribution in [0.1, 0.15) is 42.6 Å². The van der Waals surface area contributed by atoms with Crippen molar-refractivity contribution in [1.29, 1.82) is 0 Å². The number of amides is 4. The van der Waals surface area contributed by atoms with Crippen LogP contribution in [-0.4, -0.2) is 60.3 Å². The SMILES string of the molecule is COc1cccc2[nH]c(C(=O)N[C@@H](CC3CC3(F)F)C(=O)NC(CC3CCCNC3=O)C(N)=O)cc12. The minimum absolute atomic E-state index is 0.0189. The molecule has 3 unspecified atom stereocenters. The Labute approximate surface area is 205 Å². The standard InChI is InChI=1S/C24H29F2N5O5/c1-36-19-6-2-5-15-14(19)10-18(29-15)23(35)31-17(9-13-11-24(13,25)26)22(34)30-16(20(27)32)8-12-4-3-7-28-21(12)33/h2,5-6,10,12-13,16-17,29H,3-4,7-9,11H2,1H3,(H2,27,32)(H,28,33)(H,30,34)(H,31,35)/t12?,13?,16?,17-/m0/s1. The van der Waals surface area contributed by atoms with Crippen molar-refractivity contribution in [1.82, 2.24) is 20.9 Å². The van der Waals surface area contributed by atoms with Gasteiger partial charge in [-0.2, -0.15) is 0 Å². The average Bonchev–Trinajstić information content (AvgIpc) is 3.23. The molecule has 1 aliphatic carbocycles. The summed E-state index contributed by atoms with van der Waals surface area (Å²) >= 11 is 0. The molecule has 2 heterocycles. The Morgan fingerprint density at radius 3 is 2.61 bits per heavy atom. The van der Waals surface area contributed by atoms with E-state index in [-0.39, 0.29) is 24.4 Å². The monoisotopic (exact) mass is 505 g/mol. The number of nitrogens with two attached hydrogens (primary N) is 1. The number of halogens is 2. The molecule has 36 heavy (non-hydrogen) atoms. The van der Waals surface area contributed by atoms with Crippen molar-refractivity contribution in [3.63, 3.8) is 0 Å². The number of ether oxygens (including phenoxy) is 1. The van der Waals surface area contributed by atoms with Crippen LogP contribution in [-0.2, 0) is 14.4 Å². The van der Waals surface area contributed by atoms with Crippen LogP contribution in [0.3, 0.4) is 0 Å². The summed E-state index contributed by atoms with van der Waals surface area (Å²) in [5, 5.41) is 8.31. The number of nitrogens with one attached hydrogen (secondary N) is 4. The van der Waals surface area contributed by atoms with Gasteiger partial charge in [0.25, 0.3) is 11.8 Å². The normalized spacial score (nSPS) is 22.2. The number of carbonyl (C=O) groups is 4. The number of rotatable bonds is 10. The fraction of sp³-hybridized carbons (Fsp3) is 0.500. The highest BCUT2D eigenvalue weighted by molar-refractivity contribution is 6.01. The second kappa shape index (κ2) is 10.1. The largest absolute Gasteiger partial charge is 0.496 e. The molecule has 6 N–H and O–H groups in total. The summed E-state index contributed by atoms with van der Waals surface area (Å²) in [4.78, 5) is 53.1. The number of methoxy groups -OCH3 is 1. The van der Waals surface area contributed by atoms with E-state index in [4.69, 9.17) is 10.5 Å². The second-order valence-corrected chi connectivity index (χ2v) is 9.36. The van der Waals surface area contributed by atoms with Crippen LogP contribution < -0.4 is 26.4 Å². The van der Waals surface area contributed by atoms with Gasteiger partial charge in [0.1, 0.15) is 23.5 Å². The van der Waals surface area contributed by atoms with Crippen LogP contribution in [0.4, 0.5) is 8.78 Å². The summed E-state index contributed by atoms with van der Waals surface area (Å²) in [6.07, 6.45) is 0.528. The third-order valence-corrected chi connectivity index (χ3v) is 6.77. The summed E-state index contributed by atoms with van der Waals surface area (Å²) in [6.45, 7) is 0.534. The Hall–Kier alpha value is -3.70. The lowest BCUT2D eigenvalue weighted by Crippen LogP contribution is -2.54. The van der Waals surface area contributed by atoms with Crippen molar-refractivity contribution in [2.45, 2.75) is 50.1 Å². The highest BCUT2D eigenvalue weighted by atomic mass is 19.3. The number of hydrogen-bond donors (Lipinski definition) is 5. The first-order valence-corrected chi connectivity index (χ1v) is 11.8. The van der Waals surface area contributed by atoms with Gasteiger partial charge in [0, 0.05) is 35.7 Å². The number of hydrogen-bond acceptors (Lipinski definition) is 5. The second-order valence-electron chi connectivity index (χ2n) is 9.36. The van der Waals surface area contributed by atoms with E-state index in [0.29, 0.717) is 29.6 Å². The maximum absolute atomic E-state index is 13.7. The third-order valence-electron chi connectivity index (χ3n) is 6.77. The molecule has 10 nitrogen and oxygen atoms in total. The predicted octanol–water partition coefficient (Wildman–Crippen LogP) is 1.21. The minimum atomic E-state index is -2.92. The van der Waals surface area contributed by atoms with Gasteiger partial charge in [-0.1, -0.05) is 6.07 Å². The number of benzene rings is 1. The van der Waals surface area contributed by atoms with Crippen LogP contribution in [0.25, 0.3) is 10.9 Å². The minimum Gasteiger partial charge on any atom is -0.496 e. The zero-order valence-corrected chi connectivity index (χ0v) is 19.7. The molecule has 1 aliphatic heterocycles. The molecule has 194 valence electrons. The Morgan fingerprint density at radius 1 is 1.22 bits per heavy atom. The van der Waals surface area contributed by atoms with E-state index in [0.717, 1.165) is 6.42 Å². The topological polar surface area (TPSA) is 155 Å². The van der Waals surface area contributed by atoms with Gasteiger partial charge in [-0.05, 0) is 43.9 Å². The van der Waals surface area contributed by atoms with Gasteiger partial charge in [-0.3, -0.25) is 19.2 Å². The number of aromatic nitrogens is 1. The molecule has 0 radical (unpaired) electrons. The quantitative estimate of drug-likeness (QED) is 0.328. The van der Waals surface area contributed by atoms with Crippen molar-refractivity contribution < 1.29 is 32.7 Å². The number of alkyl halides is 2. The van der Waals surface area contributed by atoms with Crippen LogP contribution in [0, 0.1) is 11.8 Å². The van der Waals surface area contributed by atoms with E-state index < -0.39 is 54.0 Å². The van der Waals surface area contributed by atoms with Crippen molar-refractivity contribution in [2.24, 2.45) is 17.6 Å². The molecule has 2 fully saturated rings. The lowest BCUT2D eigenvalue weighted by molar-refractivity contribution is -0.131. The number of aromatic amines is 1. The van der Waals surface area contributed by atoms with Gasteiger partial charge < -0.3 is 31.4 Å². The zero-order chi connectivity index (χ0) is 26.0. The van der Waals surface area contributed by atoms with Crippen LogP contribution in [0.2, 0.25) is 0 Å². The Bertz CT molecular complexity index is 1180. The number of piperidine rings is 1. The molecule has 1 saturated heterocycles. The van der Waals surface area contributed by atoms with E-state index in [1.807, 2.05) is 0 Å². The first kappa shape index (κ1) is 25.4. The number of primary amides is 1. The molecule has 1 saturated carbocycles. The maximum atomic E-state index is 13.7. The molecular formula is C24H29F2N5O5. The first-order chi connectivity index (χ1) is 17.1. The first-order valence-electron chi connectivity index (χ1n) is 11.8. The molecule has 2 aliphatic rings. The number of fused-ring (bicyclic) bond motifs is 1. The predicted molar refractivity (Wildman–Crippen MR) is 125 cm³/mol. The smallest absolute Gasteiger partial charge is 0.268 e. The maximum Gasteiger partial charge on any atom is 0.268 e.